The molecule has 3 aromatic rings. The van der Waals surface area contributed by atoms with E-state index in [0.29, 0.717) is 16.0 Å². The van der Waals surface area contributed by atoms with Crippen LogP contribution in [0.25, 0.3) is 10.2 Å². The molecule has 0 fully saturated rings. The molecule has 4 N–H and O–H groups in total. The predicted octanol–water partition coefficient (Wildman–Crippen LogP) is 0.603. The van der Waals surface area contributed by atoms with E-state index < -0.39 is 17.2 Å². The maximum Gasteiger partial charge on any atom is 0.345 e. The van der Waals surface area contributed by atoms with Gasteiger partial charge in [0.15, 0.2) is 5.84 Å². The minimum Gasteiger partial charge on any atom is -0.477 e. The van der Waals surface area contributed by atoms with Gasteiger partial charge in [0.05, 0.1) is 11.9 Å². The molecule has 9 nitrogen and oxygen atoms in total. The van der Waals surface area contributed by atoms with Gasteiger partial charge in [0.25, 0.3) is 5.56 Å². The van der Waals surface area contributed by atoms with E-state index in [9.17, 15) is 14.4 Å². The fourth-order valence-corrected chi connectivity index (χ4v) is 3.49. The van der Waals surface area contributed by atoms with Crippen LogP contribution in [0.15, 0.2) is 45.1 Å². The molecule has 2 heterocycles. The zero-order valence-electron chi connectivity index (χ0n) is 13.5. The number of carboxylic acids is 1. The van der Waals surface area contributed by atoms with Gasteiger partial charge < -0.3 is 16.0 Å². The van der Waals surface area contributed by atoms with E-state index in [0.717, 1.165) is 15.9 Å². The number of amidine groups is 1. The normalized spacial score (nSPS) is 11.8. The molecule has 26 heavy (non-hydrogen) atoms. The predicted molar refractivity (Wildman–Crippen MR) is 96.3 cm³/mol. The minimum atomic E-state index is -1.15. The average Bonchev–Trinajstić information content (AvgIpc) is 3.09. The Morgan fingerprint density at radius 3 is 2.50 bits per heavy atom. The number of aryl methyl sites for hydroxylation is 1. The van der Waals surface area contributed by atoms with Crippen LogP contribution in [0, 0.1) is 0 Å². The fraction of sp³-hybridized carbons (Fsp3) is 0.125. The van der Waals surface area contributed by atoms with Gasteiger partial charge in [-0.1, -0.05) is 29.4 Å². The molecule has 134 valence electrons. The number of benzene rings is 1. The molecule has 0 aliphatic rings. The van der Waals surface area contributed by atoms with Crippen molar-refractivity contribution in [2.75, 3.05) is 0 Å². The number of hydrogen-bond donors (Lipinski definition) is 3. The topological polar surface area (TPSA) is 140 Å². The molecule has 0 amide bonds. The van der Waals surface area contributed by atoms with Crippen molar-refractivity contribution in [3.8, 4) is 0 Å². The molecule has 3 rings (SSSR count). The molecular formula is C16H14N4O5S. The summed E-state index contributed by atoms with van der Waals surface area (Å²) in [5, 5.41) is 20.9. The SMILES string of the molecule is Cn1c(=O)n(Cc2ccc(C(N)=NO)cc2)c(=O)c2cc(C(=O)O)sc21. The minimum absolute atomic E-state index is 0.00651. The Labute approximate surface area is 149 Å². The van der Waals surface area contributed by atoms with E-state index in [2.05, 4.69) is 5.16 Å². The lowest BCUT2D eigenvalue weighted by molar-refractivity contribution is 0.0702. The van der Waals surface area contributed by atoms with Crippen molar-refractivity contribution >= 4 is 33.4 Å². The quantitative estimate of drug-likeness (QED) is 0.264. The fourth-order valence-electron chi connectivity index (χ4n) is 2.55. The summed E-state index contributed by atoms with van der Waals surface area (Å²) in [5.41, 5.74) is 5.57. The zero-order chi connectivity index (χ0) is 19.0. The van der Waals surface area contributed by atoms with Gasteiger partial charge in [-0.15, -0.1) is 11.3 Å². The second kappa shape index (κ2) is 6.48. The van der Waals surface area contributed by atoms with Gasteiger partial charge in [0, 0.05) is 12.6 Å². The summed E-state index contributed by atoms with van der Waals surface area (Å²) < 4.78 is 2.30. The summed E-state index contributed by atoms with van der Waals surface area (Å²) in [5.74, 6) is -1.20. The molecule has 0 bridgehead atoms. The van der Waals surface area contributed by atoms with Gasteiger partial charge in [-0.05, 0) is 11.6 Å². The number of aromatic carboxylic acids is 1. The third-order valence-electron chi connectivity index (χ3n) is 3.92. The van der Waals surface area contributed by atoms with E-state index in [1.807, 2.05) is 0 Å². The van der Waals surface area contributed by atoms with E-state index in [-0.39, 0.29) is 22.6 Å². The summed E-state index contributed by atoms with van der Waals surface area (Å²) >= 11 is 0.882. The van der Waals surface area contributed by atoms with Crippen LogP contribution in [-0.4, -0.2) is 31.3 Å². The van der Waals surface area contributed by atoms with Gasteiger partial charge in [-0.3, -0.25) is 13.9 Å². The number of rotatable bonds is 4. The van der Waals surface area contributed by atoms with Crippen LogP contribution in [0.3, 0.4) is 0 Å². The van der Waals surface area contributed by atoms with Gasteiger partial charge in [-0.2, -0.15) is 0 Å². The first kappa shape index (κ1) is 17.4. The lowest BCUT2D eigenvalue weighted by Crippen LogP contribution is -2.38. The summed E-state index contributed by atoms with van der Waals surface area (Å²) in [4.78, 5) is 36.6. The Morgan fingerprint density at radius 2 is 1.92 bits per heavy atom. The summed E-state index contributed by atoms with van der Waals surface area (Å²) in [6.45, 7) is 0.0101. The van der Waals surface area contributed by atoms with Crippen molar-refractivity contribution < 1.29 is 15.1 Å². The van der Waals surface area contributed by atoms with Crippen LogP contribution in [0.1, 0.15) is 20.8 Å². The molecule has 0 aliphatic carbocycles. The molecule has 0 radical (unpaired) electrons. The third kappa shape index (κ3) is 2.86. The smallest absolute Gasteiger partial charge is 0.345 e. The first-order chi connectivity index (χ1) is 12.3. The molecule has 0 aliphatic heterocycles. The lowest BCUT2D eigenvalue weighted by atomic mass is 10.1. The van der Waals surface area contributed by atoms with Crippen LogP contribution in [0.2, 0.25) is 0 Å². The summed E-state index contributed by atoms with van der Waals surface area (Å²) in [6.07, 6.45) is 0. The van der Waals surface area contributed by atoms with E-state index >= 15 is 0 Å². The second-order valence-corrected chi connectivity index (χ2v) is 6.58. The zero-order valence-corrected chi connectivity index (χ0v) is 14.4. The van der Waals surface area contributed by atoms with Crippen molar-refractivity contribution in [2.24, 2.45) is 17.9 Å². The standard InChI is InChI=1S/C16H14N4O5S/c1-19-14-10(6-11(26-14)15(22)23)13(21)20(16(19)24)7-8-2-4-9(5-3-8)12(17)18-25/h2-6,25H,7H2,1H3,(H2,17,18)(H,22,23). The van der Waals surface area contributed by atoms with Gasteiger partial charge in [-0.25, -0.2) is 9.59 Å². The Kier molecular flexibility index (Phi) is 4.34. The van der Waals surface area contributed by atoms with Crippen LogP contribution >= 0.6 is 11.3 Å². The highest BCUT2D eigenvalue weighted by Crippen LogP contribution is 2.21. The Morgan fingerprint density at radius 1 is 1.27 bits per heavy atom. The lowest BCUT2D eigenvalue weighted by Gasteiger charge is -2.09. The molecule has 2 aromatic heterocycles. The van der Waals surface area contributed by atoms with Crippen LogP contribution < -0.4 is 17.0 Å². The van der Waals surface area contributed by atoms with Gasteiger partial charge >= 0.3 is 11.7 Å². The number of nitrogens with zero attached hydrogens (tertiary/aromatic N) is 3. The number of oxime groups is 1. The molecule has 0 spiro atoms. The van der Waals surface area contributed by atoms with E-state index in [4.69, 9.17) is 16.0 Å². The molecule has 1 aromatic carbocycles. The first-order valence-electron chi connectivity index (χ1n) is 7.37. The monoisotopic (exact) mass is 374 g/mol. The Bertz CT molecular complexity index is 1150. The second-order valence-electron chi connectivity index (χ2n) is 5.55. The van der Waals surface area contributed by atoms with Gasteiger partial charge in [0.1, 0.15) is 9.71 Å². The first-order valence-corrected chi connectivity index (χ1v) is 8.18. The maximum atomic E-state index is 12.7. The highest BCUT2D eigenvalue weighted by atomic mass is 32.1. The Hall–Kier alpha value is -3.40. The number of carboxylic acid groups (broad SMARTS) is 1. The Balaban J connectivity index is 2.09. The largest absolute Gasteiger partial charge is 0.477 e. The number of thiophene rings is 1. The molecule has 0 unspecified atom stereocenters. The third-order valence-corrected chi connectivity index (χ3v) is 5.12. The van der Waals surface area contributed by atoms with Crippen LogP contribution in [-0.2, 0) is 13.6 Å². The van der Waals surface area contributed by atoms with Crippen molar-refractivity contribution in [1.82, 2.24) is 9.13 Å². The van der Waals surface area contributed by atoms with Crippen molar-refractivity contribution in [3.05, 3.63) is 67.2 Å². The van der Waals surface area contributed by atoms with Crippen molar-refractivity contribution in [1.29, 1.82) is 0 Å². The number of aromatic nitrogens is 2. The molecule has 0 atom stereocenters. The van der Waals surface area contributed by atoms with Crippen molar-refractivity contribution in [3.63, 3.8) is 0 Å². The van der Waals surface area contributed by atoms with Crippen LogP contribution in [0.5, 0.6) is 0 Å². The van der Waals surface area contributed by atoms with Crippen molar-refractivity contribution in [2.45, 2.75) is 6.54 Å². The highest BCUT2D eigenvalue weighted by Gasteiger charge is 2.17. The number of fused-ring (bicyclic) bond motifs is 1. The summed E-state index contributed by atoms with van der Waals surface area (Å²) in [7, 11) is 1.49. The summed E-state index contributed by atoms with van der Waals surface area (Å²) in [6, 6.07) is 7.79. The number of hydrogen-bond acceptors (Lipinski definition) is 6. The molecule has 0 saturated heterocycles. The van der Waals surface area contributed by atoms with Crippen LogP contribution in [0.4, 0.5) is 0 Å². The molecule has 10 heteroatoms. The van der Waals surface area contributed by atoms with E-state index in [1.165, 1.54) is 17.7 Å². The molecule has 0 saturated carbocycles. The number of nitrogens with two attached hydrogens (primary N) is 1. The number of carbonyl (C=O) groups is 1. The highest BCUT2D eigenvalue weighted by molar-refractivity contribution is 7.20. The van der Waals surface area contributed by atoms with E-state index in [1.54, 1.807) is 24.3 Å². The average molecular weight is 374 g/mol. The molecular weight excluding hydrogens is 360 g/mol. The van der Waals surface area contributed by atoms with Gasteiger partial charge in [0.2, 0.25) is 0 Å². The maximum absolute atomic E-state index is 12.7.